The van der Waals surface area contributed by atoms with Gasteiger partial charge in [-0.3, -0.25) is 0 Å². The van der Waals surface area contributed by atoms with Crippen molar-refractivity contribution in [2.24, 2.45) is 0 Å². The highest BCUT2D eigenvalue weighted by Gasteiger charge is 2.25. The predicted octanol–water partition coefficient (Wildman–Crippen LogP) is 2.83. The molecule has 124 valence electrons. The first kappa shape index (κ1) is 17.3. The number of ether oxygens (including phenoxy) is 2. The van der Waals surface area contributed by atoms with Gasteiger partial charge >= 0.3 is 0 Å². The molecule has 0 heterocycles. The van der Waals surface area contributed by atoms with Gasteiger partial charge in [0.05, 0.1) is 14.2 Å². The van der Waals surface area contributed by atoms with Gasteiger partial charge in [0.1, 0.15) is 16.4 Å². The van der Waals surface area contributed by atoms with Gasteiger partial charge in [0.2, 0.25) is 10.0 Å². The Labute approximate surface area is 137 Å². The van der Waals surface area contributed by atoms with E-state index in [-0.39, 0.29) is 11.4 Å². The van der Waals surface area contributed by atoms with Crippen molar-refractivity contribution in [2.45, 2.75) is 18.4 Å². The van der Waals surface area contributed by atoms with Crippen LogP contribution in [0, 0.1) is 6.92 Å². The topological polar surface area (TPSA) is 55.8 Å². The Morgan fingerprint density at radius 3 is 2.22 bits per heavy atom. The lowest BCUT2D eigenvalue weighted by atomic mass is 10.2. The van der Waals surface area contributed by atoms with E-state index in [9.17, 15) is 8.42 Å². The number of hydrogen-bond acceptors (Lipinski definition) is 4. The van der Waals surface area contributed by atoms with Crippen LogP contribution in [0.4, 0.5) is 0 Å². The molecule has 0 N–H and O–H groups in total. The quantitative estimate of drug-likeness (QED) is 0.814. The van der Waals surface area contributed by atoms with E-state index in [0.29, 0.717) is 5.75 Å². The lowest BCUT2D eigenvalue weighted by Crippen LogP contribution is -2.27. The molecule has 0 aliphatic heterocycles. The molecule has 0 bridgehead atoms. The molecule has 2 aromatic rings. The third-order valence-electron chi connectivity index (χ3n) is 3.57. The van der Waals surface area contributed by atoms with E-state index < -0.39 is 10.0 Å². The first-order valence-corrected chi connectivity index (χ1v) is 8.56. The molecule has 0 aliphatic rings. The standard InChI is InChI=1S/C17H21NO4S/c1-13-5-10-16(22-4)17(11-13)23(19,20)18(2)12-14-6-8-15(21-3)9-7-14/h5-11H,12H2,1-4H3. The van der Waals surface area contributed by atoms with Crippen molar-refractivity contribution in [3.05, 3.63) is 53.6 Å². The average molecular weight is 335 g/mol. The molecule has 5 nitrogen and oxygen atoms in total. The van der Waals surface area contributed by atoms with Crippen molar-refractivity contribution in [3.63, 3.8) is 0 Å². The van der Waals surface area contributed by atoms with Crippen molar-refractivity contribution in [1.29, 1.82) is 0 Å². The molecular weight excluding hydrogens is 314 g/mol. The summed E-state index contributed by atoms with van der Waals surface area (Å²) < 4.78 is 37.2. The molecular formula is C17H21NO4S. The number of sulfonamides is 1. The van der Waals surface area contributed by atoms with Gasteiger partial charge in [-0.1, -0.05) is 18.2 Å². The molecule has 0 amide bonds. The lowest BCUT2D eigenvalue weighted by Gasteiger charge is -2.19. The lowest BCUT2D eigenvalue weighted by molar-refractivity contribution is 0.397. The van der Waals surface area contributed by atoms with Crippen LogP contribution >= 0.6 is 0 Å². The second kappa shape index (κ2) is 7.02. The van der Waals surface area contributed by atoms with Crippen LogP contribution in [-0.4, -0.2) is 34.0 Å². The number of hydrogen-bond donors (Lipinski definition) is 0. The van der Waals surface area contributed by atoms with Gasteiger partial charge in [0.15, 0.2) is 0 Å². The van der Waals surface area contributed by atoms with E-state index in [2.05, 4.69) is 0 Å². The van der Waals surface area contributed by atoms with E-state index in [1.54, 1.807) is 26.3 Å². The van der Waals surface area contributed by atoms with Crippen LogP contribution in [0.3, 0.4) is 0 Å². The van der Waals surface area contributed by atoms with E-state index in [0.717, 1.165) is 16.9 Å². The van der Waals surface area contributed by atoms with Crippen LogP contribution in [0.5, 0.6) is 11.5 Å². The van der Waals surface area contributed by atoms with Gasteiger partial charge in [-0.25, -0.2) is 8.42 Å². The minimum atomic E-state index is -3.64. The molecule has 0 saturated carbocycles. The Kier molecular flexibility index (Phi) is 5.28. The highest BCUT2D eigenvalue weighted by Crippen LogP contribution is 2.28. The maximum atomic E-state index is 12.8. The van der Waals surface area contributed by atoms with Gasteiger partial charge in [-0.15, -0.1) is 0 Å². The monoisotopic (exact) mass is 335 g/mol. The smallest absolute Gasteiger partial charge is 0.246 e. The Morgan fingerprint density at radius 2 is 1.65 bits per heavy atom. The SMILES string of the molecule is COc1ccc(CN(C)S(=O)(=O)c2cc(C)ccc2OC)cc1. The Balaban J connectivity index is 2.29. The zero-order valence-corrected chi connectivity index (χ0v) is 14.6. The Bertz CT molecular complexity index is 770. The van der Waals surface area contributed by atoms with Gasteiger partial charge in [-0.05, 0) is 42.3 Å². The molecule has 0 aromatic heterocycles. The van der Waals surface area contributed by atoms with Crippen molar-refractivity contribution in [1.82, 2.24) is 4.31 Å². The predicted molar refractivity (Wildman–Crippen MR) is 89.4 cm³/mol. The van der Waals surface area contributed by atoms with E-state index >= 15 is 0 Å². The number of methoxy groups -OCH3 is 2. The normalized spacial score (nSPS) is 11.5. The second-order valence-electron chi connectivity index (χ2n) is 5.26. The van der Waals surface area contributed by atoms with Crippen LogP contribution in [0.25, 0.3) is 0 Å². The molecule has 0 spiro atoms. The summed E-state index contributed by atoms with van der Waals surface area (Å²) >= 11 is 0. The first-order valence-electron chi connectivity index (χ1n) is 7.12. The minimum absolute atomic E-state index is 0.177. The number of nitrogens with zero attached hydrogens (tertiary/aromatic N) is 1. The summed E-state index contributed by atoms with van der Waals surface area (Å²) in [7, 11) is 0.974. The Morgan fingerprint density at radius 1 is 1.00 bits per heavy atom. The molecule has 0 fully saturated rings. The highest BCUT2D eigenvalue weighted by molar-refractivity contribution is 7.89. The van der Waals surface area contributed by atoms with E-state index in [1.165, 1.54) is 11.4 Å². The average Bonchev–Trinajstić information content (AvgIpc) is 2.55. The summed E-state index contributed by atoms with van der Waals surface area (Å²) in [6.45, 7) is 2.12. The van der Waals surface area contributed by atoms with Crippen molar-refractivity contribution in [3.8, 4) is 11.5 Å². The largest absolute Gasteiger partial charge is 0.497 e. The van der Waals surface area contributed by atoms with Crippen LogP contribution < -0.4 is 9.47 Å². The number of rotatable bonds is 6. The fourth-order valence-electron chi connectivity index (χ4n) is 2.23. The molecule has 2 rings (SSSR count). The van der Waals surface area contributed by atoms with Crippen LogP contribution in [0.1, 0.15) is 11.1 Å². The number of benzene rings is 2. The summed E-state index contributed by atoms with van der Waals surface area (Å²) in [5.74, 6) is 1.08. The van der Waals surface area contributed by atoms with Crippen molar-refractivity contribution in [2.75, 3.05) is 21.3 Å². The molecule has 2 aromatic carbocycles. The third-order valence-corrected chi connectivity index (χ3v) is 5.40. The Hall–Kier alpha value is -2.05. The molecule has 0 unspecified atom stereocenters. The maximum absolute atomic E-state index is 12.8. The first-order chi connectivity index (χ1) is 10.9. The molecule has 0 aliphatic carbocycles. The fraction of sp³-hybridized carbons (Fsp3) is 0.294. The summed E-state index contributed by atoms with van der Waals surface area (Å²) in [5, 5.41) is 0. The summed E-state index contributed by atoms with van der Waals surface area (Å²) in [6.07, 6.45) is 0. The van der Waals surface area contributed by atoms with E-state index in [1.807, 2.05) is 37.3 Å². The molecule has 6 heteroatoms. The summed E-state index contributed by atoms with van der Waals surface area (Å²) in [5.41, 5.74) is 1.74. The van der Waals surface area contributed by atoms with Crippen molar-refractivity contribution >= 4 is 10.0 Å². The van der Waals surface area contributed by atoms with Gasteiger partial charge in [0, 0.05) is 13.6 Å². The fourth-order valence-corrected chi connectivity index (χ4v) is 3.62. The number of aryl methyl sites for hydroxylation is 1. The molecule has 0 atom stereocenters. The molecule has 23 heavy (non-hydrogen) atoms. The molecule has 0 radical (unpaired) electrons. The van der Waals surface area contributed by atoms with Gasteiger partial charge < -0.3 is 9.47 Å². The molecule has 0 saturated heterocycles. The zero-order chi connectivity index (χ0) is 17.0. The maximum Gasteiger partial charge on any atom is 0.246 e. The third kappa shape index (κ3) is 3.83. The summed E-state index contributed by atoms with van der Waals surface area (Å²) in [6, 6.07) is 12.4. The summed E-state index contributed by atoms with van der Waals surface area (Å²) in [4.78, 5) is 0.177. The van der Waals surface area contributed by atoms with E-state index in [4.69, 9.17) is 9.47 Å². The van der Waals surface area contributed by atoms with Crippen molar-refractivity contribution < 1.29 is 17.9 Å². The zero-order valence-electron chi connectivity index (χ0n) is 13.7. The van der Waals surface area contributed by atoms with Crippen LogP contribution in [0.15, 0.2) is 47.4 Å². The van der Waals surface area contributed by atoms with Crippen LogP contribution in [0.2, 0.25) is 0 Å². The second-order valence-corrected chi connectivity index (χ2v) is 7.28. The highest BCUT2D eigenvalue weighted by atomic mass is 32.2. The van der Waals surface area contributed by atoms with Gasteiger partial charge in [0.25, 0.3) is 0 Å². The van der Waals surface area contributed by atoms with Crippen LogP contribution in [-0.2, 0) is 16.6 Å². The minimum Gasteiger partial charge on any atom is -0.497 e. The van der Waals surface area contributed by atoms with Gasteiger partial charge in [-0.2, -0.15) is 4.31 Å².